The van der Waals surface area contributed by atoms with E-state index in [4.69, 9.17) is 10.5 Å². The van der Waals surface area contributed by atoms with Crippen LogP contribution in [0.2, 0.25) is 0 Å². The molecular weight excluding hydrogens is 404 g/mol. The summed E-state index contributed by atoms with van der Waals surface area (Å²) >= 11 is 1.46. The van der Waals surface area contributed by atoms with Gasteiger partial charge in [-0.1, -0.05) is 13.8 Å². The molecule has 1 fully saturated rings. The number of hydrogen-bond donors (Lipinski definition) is 2. The Morgan fingerprint density at radius 2 is 1.87 bits per heavy atom. The van der Waals surface area contributed by atoms with Crippen LogP contribution in [0.4, 0.5) is 9.80 Å². The lowest BCUT2D eigenvalue weighted by Gasteiger charge is -2.26. The largest absolute Gasteiger partial charge is 0.449 e. The number of nitrogens with two attached hydrogens (primary N) is 1. The number of primary amides is 1. The standard InChI is InChI=1S/C21H32N4O4S/c1-13(2)12-29-21(28)25-9-5-8-24(10-11-25)14(3)19(27)23-20-17(18(22)26)15-6-4-7-16(15)30-20/h13-14H,4-12H2,1-3H3,(H2,22,26)(H,23,27). The summed E-state index contributed by atoms with van der Waals surface area (Å²) < 4.78 is 5.33. The summed E-state index contributed by atoms with van der Waals surface area (Å²) in [5.41, 5.74) is 7.07. The second-order valence-corrected chi connectivity index (χ2v) is 9.54. The molecular formula is C21H32N4O4S. The highest BCUT2D eigenvalue weighted by molar-refractivity contribution is 7.17. The van der Waals surface area contributed by atoms with Crippen LogP contribution < -0.4 is 11.1 Å². The van der Waals surface area contributed by atoms with E-state index in [2.05, 4.69) is 10.2 Å². The van der Waals surface area contributed by atoms with Crippen LogP contribution in [-0.2, 0) is 22.4 Å². The molecule has 1 aliphatic heterocycles. The van der Waals surface area contributed by atoms with Gasteiger partial charge in [0.2, 0.25) is 5.91 Å². The third kappa shape index (κ3) is 5.13. The third-order valence-electron chi connectivity index (χ3n) is 5.66. The molecule has 3 rings (SSSR count). The SMILES string of the molecule is CC(C)COC(=O)N1CCCN(C(C)C(=O)Nc2sc3c(c2C(N)=O)CCC3)CC1. The molecule has 1 saturated heterocycles. The molecule has 0 saturated carbocycles. The number of aryl methyl sites for hydroxylation is 1. The number of carbonyl (C=O) groups is 3. The molecule has 30 heavy (non-hydrogen) atoms. The first-order chi connectivity index (χ1) is 14.3. The topological polar surface area (TPSA) is 105 Å². The van der Waals surface area contributed by atoms with Gasteiger partial charge in [0.25, 0.3) is 5.91 Å². The predicted molar refractivity (Wildman–Crippen MR) is 117 cm³/mol. The van der Waals surface area contributed by atoms with Gasteiger partial charge in [0.05, 0.1) is 18.2 Å². The van der Waals surface area contributed by atoms with E-state index in [1.54, 1.807) is 4.90 Å². The first kappa shape index (κ1) is 22.6. The van der Waals surface area contributed by atoms with Crippen LogP contribution in [-0.4, -0.2) is 66.5 Å². The number of thiophene rings is 1. The van der Waals surface area contributed by atoms with Crippen LogP contribution in [0.15, 0.2) is 0 Å². The highest BCUT2D eigenvalue weighted by Crippen LogP contribution is 2.38. The van der Waals surface area contributed by atoms with Gasteiger partial charge in [-0.15, -0.1) is 11.3 Å². The summed E-state index contributed by atoms with van der Waals surface area (Å²) in [5, 5.41) is 3.50. The molecule has 1 atom stereocenters. The Morgan fingerprint density at radius 3 is 2.57 bits per heavy atom. The van der Waals surface area contributed by atoms with Crippen LogP contribution in [0.25, 0.3) is 0 Å². The van der Waals surface area contributed by atoms with Crippen molar-refractivity contribution in [3.8, 4) is 0 Å². The lowest BCUT2D eigenvalue weighted by molar-refractivity contribution is -0.120. The van der Waals surface area contributed by atoms with Crippen LogP contribution in [0.1, 0.15) is 54.4 Å². The molecule has 8 nitrogen and oxygen atoms in total. The Labute approximate surface area is 181 Å². The highest BCUT2D eigenvalue weighted by atomic mass is 32.1. The Hall–Kier alpha value is -2.13. The number of amides is 3. The molecule has 9 heteroatoms. The van der Waals surface area contributed by atoms with Gasteiger partial charge in [0.15, 0.2) is 0 Å². The molecule has 0 bridgehead atoms. The summed E-state index contributed by atoms with van der Waals surface area (Å²) in [6.07, 6.45) is 3.27. The summed E-state index contributed by atoms with van der Waals surface area (Å²) in [6.45, 7) is 8.71. The van der Waals surface area contributed by atoms with Crippen molar-refractivity contribution >= 4 is 34.2 Å². The summed E-state index contributed by atoms with van der Waals surface area (Å²) in [4.78, 5) is 42.0. The Balaban J connectivity index is 1.59. The van der Waals surface area contributed by atoms with E-state index in [1.165, 1.54) is 11.3 Å². The highest BCUT2D eigenvalue weighted by Gasteiger charge is 2.30. The second kappa shape index (κ2) is 9.78. The van der Waals surface area contributed by atoms with E-state index in [-0.39, 0.29) is 18.0 Å². The molecule has 1 aromatic heterocycles. The van der Waals surface area contributed by atoms with Crippen LogP contribution in [0.5, 0.6) is 0 Å². The minimum absolute atomic E-state index is 0.159. The van der Waals surface area contributed by atoms with Crippen LogP contribution in [0.3, 0.4) is 0 Å². The van der Waals surface area contributed by atoms with Gasteiger partial charge in [-0.2, -0.15) is 0 Å². The van der Waals surface area contributed by atoms with Crippen molar-refractivity contribution in [3.63, 3.8) is 0 Å². The normalized spacial score (nSPS) is 18.1. The maximum Gasteiger partial charge on any atom is 0.409 e. The monoisotopic (exact) mass is 436 g/mol. The summed E-state index contributed by atoms with van der Waals surface area (Å²) in [6, 6.07) is -0.380. The van der Waals surface area contributed by atoms with Crippen molar-refractivity contribution in [2.24, 2.45) is 11.7 Å². The second-order valence-electron chi connectivity index (χ2n) is 8.44. The molecule has 1 aliphatic carbocycles. The van der Waals surface area contributed by atoms with Crippen molar-refractivity contribution < 1.29 is 19.1 Å². The van der Waals surface area contributed by atoms with E-state index >= 15 is 0 Å². The average molecular weight is 437 g/mol. The van der Waals surface area contributed by atoms with Gasteiger partial charge in [0.1, 0.15) is 5.00 Å². The van der Waals surface area contributed by atoms with E-state index in [0.29, 0.717) is 49.3 Å². The van der Waals surface area contributed by atoms with E-state index < -0.39 is 5.91 Å². The molecule has 0 radical (unpaired) electrons. The number of carbonyl (C=O) groups excluding carboxylic acids is 3. The molecule has 1 aromatic rings. The first-order valence-corrected chi connectivity index (χ1v) is 11.5. The van der Waals surface area contributed by atoms with Gasteiger partial charge in [0, 0.05) is 31.1 Å². The van der Waals surface area contributed by atoms with Crippen molar-refractivity contribution in [2.45, 2.75) is 52.5 Å². The first-order valence-electron chi connectivity index (χ1n) is 10.7. The molecule has 2 aliphatic rings. The van der Waals surface area contributed by atoms with Gasteiger partial charge in [-0.05, 0) is 44.1 Å². The van der Waals surface area contributed by atoms with Crippen molar-refractivity contribution in [3.05, 3.63) is 16.0 Å². The molecule has 3 amide bonds. The number of fused-ring (bicyclic) bond motifs is 1. The number of hydrogen-bond acceptors (Lipinski definition) is 6. The lowest BCUT2D eigenvalue weighted by Crippen LogP contribution is -2.44. The van der Waals surface area contributed by atoms with Gasteiger partial charge < -0.3 is 20.7 Å². The Bertz CT molecular complexity index is 807. The molecule has 2 heterocycles. The van der Waals surface area contributed by atoms with Crippen molar-refractivity contribution in [2.75, 3.05) is 38.1 Å². The zero-order valence-corrected chi connectivity index (χ0v) is 18.8. The molecule has 0 aromatic carbocycles. The van der Waals surface area contributed by atoms with Gasteiger partial charge >= 0.3 is 6.09 Å². The fourth-order valence-electron chi connectivity index (χ4n) is 3.97. The Kier molecular flexibility index (Phi) is 7.36. The zero-order chi connectivity index (χ0) is 21.8. The smallest absolute Gasteiger partial charge is 0.409 e. The predicted octanol–water partition coefficient (Wildman–Crippen LogP) is 2.46. The van der Waals surface area contributed by atoms with Gasteiger partial charge in [-0.3, -0.25) is 14.5 Å². The van der Waals surface area contributed by atoms with E-state index in [9.17, 15) is 14.4 Å². The zero-order valence-electron chi connectivity index (χ0n) is 18.0. The minimum atomic E-state index is -0.484. The van der Waals surface area contributed by atoms with Crippen LogP contribution >= 0.6 is 11.3 Å². The molecule has 1 unspecified atom stereocenters. The minimum Gasteiger partial charge on any atom is -0.449 e. The maximum atomic E-state index is 12.9. The van der Waals surface area contributed by atoms with E-state index in [0.717, 1.165) is 36.1 Å². The van der Waals surface area contributed by atoms with Gasteiger partial charge in [-0.25, -0.2) is 4.79 Å². The number of rotatable bonds is 6. The number of anilines is 1. The lowest BCUT2D eigenvalue weighted by atomic mass is 10.1. The fourth-order valence-corrected chi connectivity index (χ4v) is 5.27. The summed E-state index contributed by atoms with van der Waals surface area (Å²) in [5.74, 6) is -0.346. The molecule has 0 spiro atoms. The number of ether oxygens (including phenoxy) is 1. The summed E-state index contributed by atoms with van der Waals surface area (Å²) in [7, 11) is 0. The van der Waals surface area contributed by atoms with Crippen molar-refractivity contribution in [1.29, 1.82) is 0 Å². The average Bonchev–Trinajstić information content (AvgIpc) is 3.16. The van der Waals surface area contributed by atoms with Crippen molar-refractivity contribution in [1.82, 2.24) is 9.80 Å². The third-order valence-corrected chi connectivity index (χ3v) is 6.87. The Morgan fingerprint density at radius 1 is 1.10 bits per heavy atom. The number of nitrogens with one attached hydrogen (secondary N) is 1. The fraction of sp³-hybridized carbons (Fsp3) is 0.667. The van der Waals surface area contributed by atoms with E-state index in [1.807, 2.05) is 20.8 Å². The quantitative estimate of drug-likeness (QED) is 0.713. The number of nitrogens with zero attached hydrogens (tertiary/aromatic N) is 2. The van der Waals surface area contributed by atoms with Crippen LogP contribution in [0, 0.1) is 5.92 Å². The molecule has 166 valence electrons. The molecule has 3 N–H and O–H groups in total. The maximum absolute atomic E-state index is 12.9.